The maximum atomic E-state index is 9.70. The number of hydrogen-bond acceptors (Lipinski definition) is 2. The fourth-order valence-corrected chi connectivity index (χ4v) is 5.31. The second-order valence-corrected chi connectivity index (χ2v) is 7.22. The third-order valence-corrected chi connectivity index (χ3v) is 6.41. The van der Waals surface area contributed by atoms with Crippen LogP contribution in [0.15, 0.2) is 29.8 Å². The highest BCUT2D eigenvalue weighted by Crippen LogP contribution is 2.60. The Kier molecular flexibility index (Phi) is 2.70. The highest BCUT2D eigenvalue weighted by atomic mass is 16.3. The van der Waals surface area contributed by atoms with Gasteiger partial charge in [0.25, 0.3) is 0 Å². The van der Waals surface area contributed by atoms with Crippen LogP contribution in [0, 0.1) is 28.6 Å². The lowest BCUT2D eigenvalue weighted by Gasteiger charge is -2.49. The summed E-state index contributed by atoms with van der Waals surface area (Å²) in [5, 5.41) is 19.1. The molecule has 0 aliphatic heterocycles. The van der Waals surface area contributed by atoms with Crippen LogP contribution in [0.4, 0.5) is 0 Å². The Morgan fingerprint density at radius 1 is 1.33 bits per heavy atom. The number of allylic oxidation sites excluding steroid dienone is 2. The highest BCUT2D eigenvalue weighted by molar-refractivity contribution is 5.42. The van der Waals surface area contributed by atoms with Crippen LogP contribution in [0.5, 0.6) is 5.75 Å². The lowest BCUT2D eigenvalue weighted by atomic mass is 9.54. The Balaban J connectivity index is 1.71. The van der Waals surface area contributed by atoms with Crippen LogP contribution in [0.25, 0.3) is 0 Å². The number of hydrogen-bond donors (Lipinski definition) is 1. The van der Waals surface area contributed by atoms with Crippen molar-refractivity contribution in [1.29, 1.82) is 5.26 Å². The standard InChI is InChI=1S/C19H21NO/c1-19-9-8-16-15-6-4-14(21)10-12(15)2-5-17(16)18(19)7-3-13(19)11-20/h3-4,6,10,16-18,21H,2,5,7-9H2,1H3/t16-,17-,18+,19-/m1/s1. The van der Waals surface area contributed by atoms with E-state index in [4.69, 9.17) is 0 Å². The van der Waals surface area contributed by atoms with Crippen molar-refractivity contribution in [3.63, 3.8) is 0 Å². The minimum atomic E-state index is 0.115. The summed E-state index contributed by atoms with van der Waals surface area (Å²) in [7, 11) is 0. The first kappa shape index (κ1) is 13.0. The van der Waals surface area contributed by atoms with Gasteiger partial charge in [0, 0.05) is 11.0 Å². The minimum absolute atomic E-state index is 0.115. The zero-order valence-corrected chi connectivity index (χ0v) is 12.5. The third kappa shape index (κ3) is 1.70. The number of fused-ring (bicyclic) bond motifs is 5. The van der Waals surface area contributed by atoms with Crippen molar-refractivity contribution >= 4 is 0 Å². The normalized spacial score (nSPS) is 37.0. The van der Waals surface area contributed by atoms with Gasteiger partial charge in [-0.15, -0.1) is 0 Å². The molecule has 2 heteroatoms. The number of nitrogens with zero attached hydrogens (tertiary/aromatic N) is 1. The molecule has 0 saturated heterocycles. The molecular weight excluding hydrogens is 258 g/mol. The first-order chi connectivity index (χ1) is 10.1. The Morgan fingerprint density at radius 2 is 2.19 bits per heavy atom. The summed E-state index contributed by atoms with van der Waals surface area (Å²) in [6, 6.07) is 8.38. The summed E-state index contributed by atoms with van der Waals surface area (Å²) >= 11 is 0. The molecule has 0 bridgehead atoms. The van der Waals surface area contributed by atoms with Crippen molar-refractivity contribution in [1.82, 2.24) is 0 Å². The predicted octanol–water partition coefficient (Wildman–Crippen LogP) is 4.31. The largest absolute Gasteiger partial charge is 0.508 e. The van der Waals surface area contributed by atoms with Crippen molar-refractivity contribution in [3.05, 3.63) is 41.0 Å². The van der Waals surface area contributed by atoms with E-state index in [1.165, 1.54) is 24.0 Å². The molecule has 3 aliphatic carbocycles. The van der Waals surface area contributed by atoms with E-state index in [-0.39, 0.29) is 5.41 Å². The predicted molar refractivity (Wildman–Crippen MR) is 81.8 cm³/mol. The molecule has 108 valence electrons. The SMILES string of the molecule is C[C@]12CC[C@@H]3c4ccc(O)cc4CC[C@H]3[C@@H]1CC=C2C#N. The molecule has 0 aromatic heterocycles. The molecule has 21 heavy (non-hydrogen) atoms. The number of benzene rings is 1. The molecule has 0 radical (unpaired) electrons. The molecule has 4 rings (SSSR count). The number of aromatic hydroxyl groups is 1. The number of nitriles is 1. The molecule has 1 fully saturated rings. The number of phenolic OH excluding ortho intramolecular Hbond substituents is 1. The van der Waals surface area contributed by atoms with Gasteiger partial charge in [-0.3, -0.25) is 0 Å². The van der Waals surface area contributed by atoms with E-state index in [0.717, 1.165) is 24.8 Å². The maximum absolute atomic E-state index is 9.70. The van der Waals surface area contributed by atoms with Gasteiger partial charge in [-0.2, -0.15) is 5.26 Å². The lowest BCUT2D eigenvalue weighted by Crippen LogP contribution is -2.41. The summed E-state index contributed by atoms with van der Waals surface area (Å²) in [5.74, 6) is 2.34. The van der Waals surface area contributed by atoms with Crippen LogP contribution in [-0.2, 0) is 6.42 Å². The van der Waals surface area contributed by atoms with E-state index in [2.05, 4.69) is 25.1 Å². The lowest BCUT2D eigenvalue weighted by molar-refractivity contribution is 0.0779. The van der Waals surface area contributed by atoms with Crippen molar-refractivity contribution in [3.8, 4) is 11.8 Å². The van der Waals surface area contributed by atoms with Gasteiger partial charge in [-0.05, 0) is 73.1 Å². The van der Waals surface area contributed by atoms with E-state index >= 15 is 0 Å². The quantitative estimate of drug-likeness (QED) is 0.769. The fourth-order valence-electron chi connectivity index (χ4n) is 5.31. The second-order valence-electron chi connectivity index (χ2n) is 7.22. The molecule has 1 aromatic rings. The molecule has 2 nitrogen and oxygen atoms in total. The molecule has 0 heterocycles. The molecule has 1 aromatic carbocycles. The average Bonchev–Trinajstić information content (AvgIpc) is 2.83. The minimum Gasteiger partial charge on any atom is -0.508 e. The summed E-state index contributed by atoms with van der Waals surface area (Å²) in [5.41, 5.74) is 3.94. The van der Waals surface area contributed by atoms with Crippen LogP contribution in [-0.4, -0.2) is 5.11 Å². The van der Waals surface area contributed by atoms with Gasteiger partial charge < -0.3 is 5.11 Å². The zero-order valence-electron chi connectivity index (χ0n) is 12.5. The van der Waals surface area contributed by atoms with Crippen LogP contribution in [0.3, 0.4) is 0 Å². The van der Waals surface area contributed by atoms with E-state index in [9.17, 15) is 10.4 Å². The van der Waals surface area contributed by atoms with Crippen LogP contribution >= 0.6 is 0 Å². The fraction of sp³-hybridized carbons (Fsp3) is 0.526. The topological polar surface area (TPSA) is 44.0 Å². The van der Waals surface area contributed by atoms with Crippen LogP contribution in [0.1, 0.15) is 49.7 Å². The van der Waals surface area contributed by atoms with Crippen LogP contribution < -0.4 is 0 Å². The Bertz CT molecular complexity index is 669. The van der Waals surface area contributed by atoms with Gasteiger partial charge in [-0.1, -0.05) is 19.1 Å². The molecule has 0 spiro atoms. The molecule has 0 amide bonds. The van der Waals surface area contributed by atoms with Gasteiger partial charge in [0.2, 0.25) is 0 Å². The van der Waals surface area contributed by atoms with E-state index < -0.39 is 0 Å². The Hall–Kier alpha value is -1.75. The molecule has 4 atom stereocenters. The number of phenols is 1. The first-order valence-electron chi connectivity index (χ1n) is 8.06. The Labute approximate surface area is 126 Å². The highest BCUT2D eigenvalue weighted by Gasteiger charge is 2.51. The summed E-state index contributed by atoms with van der Waals surface area (Å²) in [6.45, 7) is 2.31. The second kappa shape index (κ2) is 4.37. The molecule has 3 aliphatic rings. The van der Waals surface area contributed by atoms with Crippen molar-refractivity contribution in [2.45, 2.75) is 44.9 Å². The van der Waals surface area contributed by atoms with Gasteiger partial charge >= 0.3 is 0 Å². The molecular formula is C19H21NO. The number of rotatable bonds is 0. The average molecular weight is 279 g/mol. The smallest absolute Gasteiger partial charge is 0.115 e. The van der Waals surface area contributed by atoms with Gasteiger partial charge in [0.05, 0.1) is 6.07 Å². The maximum Gasteiger partial charge on any atom is 0.115 e. The number of aryl methyl sites for hydroxylation is 1. The Morgan fingerprint density at radius 3 is 3.00 bits per heavy atom. The van der Waals surface area contributed by atoms with Gasteiger partial charge in [0.1, 0.15) is 5.75 Å². The zero-order chi connectivity index (χ0) is 14.6. The van der Waals surface area contributed by atoms with Gasteiger partial charge in [-0.25, -0.2) is 0 Å². The van der Waals surface area contributed by atoms with Gasteiger partial charge in [0.15, 0.2) is 0 Å². The van der Waals surface area contributed by atoms with Crippen molar-refractivity contribution < 1.29 is 5.11 Å². The summed E-state index contributed by atoms with van der Waals surface area (Å²) in [6.07, 6.45) is 7.84. The van der Waals surface area contributed by atoms with Crippen LogP contribution in [0.2, 0.25) is 0 Å². The van der Waals surface area contributed by atoms with Crippen molar-refractivity contribution in [2.24, 2.45) is 17.3 Å². The summed E-state index contributed by atoms with van der Waals surface area (Å²) in [4.78, 5) is 0. The summed E-state index contributed by atoms with van der Waals surface area (Å²) < 4.78 is 0. The monoisotopic (exact) mass is 279 g/mol. The van der Waals surface area contributed by atoms with E-state index in [1.54, 1.807) is 0 Å². The molecule has 0 unspecified atom stereocenters. The van der Waals surface area contributed by atoms with E-state index in [0.29, 0.717) is 23.5 Å². The van der Waals surface area contributed by atoms with E-state index in [1.807, 2.05) is 12.1 Å². The first-order valence-corrected chi connectivity index (χ1v) is 8.06. The molecule has 1 saturated carbocycles. The molecule has 1 N–H and O–H groups in total. The third-order valence-electron chi connectivity index (χ3n) is 6.41. The van der Waals surface area contributed by atoms with Crippen molar-refractivity contribution in [2.75, 3.05) is 0 Å².